The molecule has 1 heterocycles. The van der Waals surface area contributed by atoms with Gasteiger partial charge in [-0.3, -0.25) is 0 Å². The zero-order valence-electron chi connectivity index (χ0n) is 10.5. The smallest absolute Gasteiger partial charge is 0.0366 e. The zero-order valence-corrected chi connectivity index (χ0v) is 10.5. The maximum atomic E-state index is 3.70. The molecule has 0 unspecified atom stereocenters. The molecule has 0 spiro atoms. The van der Waals surface area contributed by atoms with Gasteiger partial charge in [0, 0.05) is 31.9 Å². The Hall–Kier alpha value is -1.28. The predicted octanol–water partition coefficient (Wildman–Crippen LogP) is 2.95. The summed E-state index contributed by atoms with van der Waals surface area (Å²) in [5, 5.41) is 3.32. The molecular formula is C15H22N2. The summed E-state index contributed by atoms with van der Waals surface area (Å²) in [4.78, 5) is 2.49. The molecule has 0 atom stereocenters. The molecule has 0 bridgehead atoms. The molecule has 0 aliphatic carbocycles. The lowest BCUT2D eigenvalue weighted by Crippen LogP contribution is -2.29. The Kier molecular flexibility index (Phi) is 4.63. The van der Waals surface area contributed by atoms with Crippen LogP contribution in [0.15, 0.2) is 36.9 Å². The number of nitrogens with one attached hydrogen (secondary N) is 1. The number of hydrogen-bond donors (Lipinski definition) is 1. The summed E-state index contributed by atoms with van der Waals surface area (Å²) in [6, 6.07) is 8.94. The Morgan fingerprint density at radius 3 is 2.47 bits per heavy atom. The van der Waals surface area contributed by atoms with Crippen molar-refractivity contribution in [2.75, 3.05) is 24.5 Å². The summed E-state index contributed by atoms with van der Waals surface area (Å²) in [6.07, 6.45) is 5.95. The molecule has 0 saturated carbocycles. The molecule has 0 amide bonds. The van der Waals surface area contributed by atoms with Crippen LogP contribution in [0.5, 0.6) is 0 Å². The molecule has 1 fully saturated rings. The van der Waals surface area contributed by atoms with Crippen molar-refractivity contribution in [3.63, 3.8) is 0 Å². The van der Waals surface area contributed by atoms with Gasteiger partial charge in [0.25, 0.3) is 0 Å². The maximum absolute atomic E-state index is 3.70. The number of piperidine rings is 1. The Morgan fingerprint density at radius 1 is 1.12 bits per heavy atom. The van der Waals surface area contributed by atoms with E-state index in [0.717, 1.165) is 13.1 Å². The summed E-state index contributed by atoms with van der Waals surface area (Å²) in [5.74, 6) is 0. The molecule has 1 aromatic carbocycles. The third-order valence-corrected chi connectivity index (χ3v) is 3.28. The fourth-order valence-corrected chi connectivity index (χ4v) is 2.30. The van der Waals surface area contributed by atoms with E-state index in [4.69, 9.17) is 0 Å². The summed E-state index contributed by atoms with van der Waals surface area (Å²) in [7, 11) is 0. The molecule has 2 rings (SSSR count). The molecule has 1 N–H and O–H groups in total. The van der Waals surface area contributed by atoms with E-state index in [2.05, 4.69) is 41.1 Å². The monoisotopic (exact) mass is 230 g/mol. The quantitative estimate of drug-likeness (QED) is 0.618. The molecule has 0 aromatic heterocycles. The first-order valence-electron chi connectivity index (χ1n) is 6.55. The van der Waals surface area contributed by atoms with Crippen molar-refractivity contribution in [3.05, 3.63) is 42.5 Å². The van der Waals surface area contributed by atoms with Gasteiger partial charge >= 0.3 is 0 Å². The van der Waals surface area contributed by atoms with Gasteiger partial charge in [-0.25, -0.2) is 0 Å². The van der Waals surface area contributed by atoms with Gasteiger partial charge in [-0.05, 0) is 37.0 Å². The predicted molar refractivity (Wildman–Crippen MR) is 74.4 cm³/mol. The molecule has 2 nitrogen and oxygen atoms in total. The van der Waals surface area contributed by atoms with Crippen LogP contribution in [-0.4, -0.2) is 19.6 Å². The van der Waals surface area contributed by atoms with Crippen molar-refractivity contribution in [2.24, 2.45) is 0 Å². The van der Waals surface area contributed by atoms with Gasteiger partial charge in [0.05, 0.1) is 0 Å². The number of anilines is 1. The maximum Gasteiger partial charge on any atom is 0.0366 e. The van der Waals surface area contributed by atoms with Gasteiger partial charge in [0.2, 0.25) is 0 Å². The Morgan fingerprint density at radius 2 is 1.82 bits per heavy atom. The Balaban J connectivity index is 1.90. The van der Waals surface area contributed by atoms with E-state index < -0.39 is 0 Å². The second kappa shape index (κ2) is 6.45. The standard InChI is InChI=1S/C15H22N2/c1-2-10-16-13-14-6-8-15(9-7-14)17-11-4-3-5-12-17/h2,6-9,16H,1,3-5,10-13H2. The van der Waals surface area contributed by atoms with Crippen molar-refractivity contribution in [1.82, 2.24) is 5.32 Å². The Bertz CT molecular complexity index is 336. The fraction of sp³-hybridized carbons (Fsp3) is 0.467. The molecule has 1 saturated heterocycles. The van der Waals surface area contributed by atoms with Crippen LogP contribution in [0.1, 0.15) is 24.8 Å². The van der Waals surface area contributed by atoms with Crippen molar-refractivity contribution < 1.29 is 0 Å². The van der Waals surface area contributed by atoms with Crippen LogP contribution >= 0.6 is 0 Å². The van der Waals surface area contributed by atoms with Crippen molar-refractivity contribution in [2.45, 2.75) is 25.8 Å². The van der Waals surface area contributed by atoms with Gasteiger partial charge in [-0.15, -0.1) is 6.58 Å². The molecule has 2 heteroatoms. The van der Waals surface area contributed by atoms with Crippen molar-refractivity contribution in [1.29, 1.82) is 0 Å². The van der Waals surface area contributed by atoms with Crippen LogP contribution < -0.4 is 10.2 Å². The minimum Gasteiger partial charge on any atom is -0.372 e. The van der Waals surface area contributed by atoms with Gasteiger partial charge in [0.1, 0.15) is 0 Å². The highest BCUT2D eigenvalue weighted by molar-refractivity contribution is 5.47. The average Bonchev–Trinajstić information content (AvgIpc) is 2.41. The van der Waals surface area contributed by atoms with E-state index in [0.29, 0.717) is 0 Å². The van der Waals surface area contributed by atoms with Crippen LogP contribution in [0, 0.1) is 0 Å². The number of hydrogen-bond acceptors (Lipinski definition) is 2. The minimum atomic E-state index is 0.869. The lowest BCUT2D eigenvalue weighted by atomic mass is 10.1. The van der Waals surface area contributed by atoms with E-state index in [9.17, 15) is 0 Å². The van der Waals surface area contributed by atoms with E-state index in [-0.39, 0.29) is 0 Å². The van der Waals surface area contributed by atoms with Crippen molar-refractivity contribution >= 4 is 5.69 Å². The van der Waals surface area contributed by atoms with Crippen LogP contribution in [0.2, 0.25) is 0 Å². The number of rotatable bonds is 5. The second-order valence-corrected chi connectivity index (χ2v) is 4.63. The summed E-state index contributed by atoms with van der Waals surface area (Å²) in [5.41, 5.74) is 2.71. The summed E-state index contributed by atoms with van der Waals surface area (Å²) in [6.45, 7) is 7.92. The fourth-order valence-electron chi connectivity index (χ4n) is 2.30. The SMILES string of the molecule is C=CCNCc1ccc(N2CCCCC2)cc1. The van der Waals surface area contributed by atoms with Gasteiger partial charge in [0.15, 0.2) is 0 Å². The van der Waals surface area contributed by atoms with E-state index >= 15 is 0 Å². The van der Waals surface area contributed by atoms with Gasteiger partial charge < -0.3 is 10.2 Å². The van der Waals surface area contributed by atoms with E-state index in [1.54, 1.807) is 0 Å². The lowest BCUT2D eigenvalue weighted by molar-refractivity contribution is 0.578. The van der Waals surface area contributed by atoms with Crippen LogP contribution in [0.25, 0.3) is 0 Å². The average molecular weight is 230 g/mol. The Labute approximate surface area is 104 Å². The van der Waals surface area contributed by atoms with E-state index in [1.807, 2.05) is 6.08 Å². The molecule has 1 aliphatic rings. The molecule has 0 radical (unpaired) electrons. The topological polar surface area (TPSA) is 15.3 Å². The minimum absolute atomic E-state index is 0.869. The number of benzene rings is 1. The molecule has 92 valence electrons. The van der Waals surface area contributed by atoms with E-state index in [1.165, 1.54) is 43.6 Å². The van der Waals surface area contributed by atoms with Crippen LogP contribution in [-0.2, 0) is 6.54 Å². The molecular weight excluding hydrogens is 208 g/mol. The highest BCUT2D eigenvalue weighted by atomic mass is 15.1. The third-order valence-electron chi connectivity index (χ3n) is 3.28. The van der Waals surface area contributed by atoms with Crippen molar-refractivity contribution in [3.8, 4) is 0 Å². The first kappa shape index (κ1) is 12.2. The third kappa shape index (κ3) is 3.60. The highest BCUT2D eigenvalue weighted by Crippen LogP contribution is 2.20. The zero-order chi connectivity index (χ0) is 11.9. The summed E-state index contributed by atoms with van der Waals surface area (Å²) < 4.78 is 0. The lowest BCUT2D eigenvalue weighted by Gasteiger charge is -2.28. The largest absolute Gasteiger partial charge is 0.372 e. The highest BCUT2D eigenvalue weighted by Gasteiger charge is 2.10. The van der Waals surface area contributed by atoms with Gasteiger partial charge in [-0.2, -0.15) is 0 Å². The summed E-state index contributed by atoms with van der Waals surface area (Å²) >= 11 is 0. The molecule has 1 aromatic rings. The van der Waals surface area contributed by atoms with Crippen LogP contribution in [0.3, 0.4) is 0 Å². The first-order valence-corrected chi connectivity index (χ1v) is 6.55. The second-order valence-electron chi connectivity index (χ2n) is 4.63. The van der Waals surface area contributed by atoms with Gasteiger partial charge in [-0.1, -0.05) is 18.2 Å². The first-order chi connectivity index (χ1) is 8.40. The number of nitrogens with zero attached hydrogens (tertiary/aromatic N) is 1. The normalized spacial score (nSPS) is 15.9. The van der Waals surface area contributed by atoms with Crippen LogP contribution in [0.4, 0.5) is 5.69 Å². The molecule has 1 aliphatic heterocycles. The molecule has 17 heavy (non-hydrogen) atoms.